The Labute approximate surface area is 162 Å². The van der Waals surface area contributed by atoms with Crippen LogP contribution in [0.25, 0.3) is 0 Å². The van der Waals surface area contributed by atoms with Gasteiger partial charge < -0.3 is 4.74 Å². The first kappa shape index (κ1) is 19.0. The predicted octanol–water partition coefficient (Wildman–Crippen LogP) is 4.83. The lowest BCUT2D eigenvalue weighted by atomic mass is 9.97. The van der Waals surface area contributed by atoms with E-state index in [1.54, 1.807) is 26.0 Å². The summed E-state index contributed by atoms with van der Waals surface area (Å²) >= 11 is 6.15. The minimum absolute atomic E-state index is 0.128. The first-order valence-corrected chi connectivity index (χ1v) is 8.82. The number of rotatable bonds is 5. The molecule has 0 bridgehead atoms. The lowest BCUT2D eigenvalue weighted by Gasteiger charge is -2.14. The summed E-state index contributed by atoms with van der Waals surface area (Å²) in [5.74, 6) is -0.947. The molecule has 0 radical (unpaired) electrons. The van der Waals surface area contributed by atoms with Gasteiger partial charge in [0.15, 0.2) is 0 Å². The number of carbonyl (C=O) groups excluding carboxylic acids is 1. The number of hydrogen-bond donors (Lipinski definition) is 0. The molecule has 6 heteroatoms. The van der Waals surface area contributed by atoms with Gasteiger partial charge in [-0.1, -0.05) is 48.0 Å². The fraction of sp³-hybridized carbons (Fsp3) is 0.190. The van der Waals surface area contributed by atoms with E-state index in [-0.39, 0.29) is 13.0 Å². The molecule has 0 aliphatic carbocycles. The number of hydrogen-bond acceptors (Lipinski definition) is 4. The Morgan fingerprint density at radius 2 is 1.70 bits per heavy atom. The molecule has 0 aliphatic rings. The second kappa shape index (κ2) is 8.27. The largest absolute Gasteiger partial charge is 0.457 e. The maximum absolute atomic E-state index is 14.2. The van der Waals surface area contributed by atoms with Crippen LogP contribution < -0.4 is 0 Å². The van der Waals surface area contributed by atoms with Crippen molar-refractivity contribution in [1.29, 1.82) is 0 Å². The number of halogens is 2. The van der Waals surface area contributed by atoms with Crippen LogP contribution in [0.5, 0.6) is 0 Å². The van der Waals surface area contributed by atoms with Gasteiger partial charge in [-0.25, -0.2) is 9.18 Å². The van der Waals surface area contributed by atoms with E-state index in [2.05, 4.69) is 10.2 Å². The molecule has 0 spiro atoms. The van der Waals surface area contributed by atoms with Crippen molar-refractivity contribution in [3.8, 4) is 0 Å². The van der Waals surface area contributed by atoms with Crippen molar-refractivity contribution in [2.45, 2.75) is 26.9 Å². The standard InChI is InChI=1S/C21H18ClFN2O2/c1-13-16(11-17-18(22)9-6-10-19(17)23)20(14(2)25-24-13)21(26)27-12-15-7-4-3-5-8-15/h3-10H,11-12H2,1-2H3. The number of aryl methyl sites for hydroxylation is 2. The molecule has 0 aliphatic heterocycles. The van der Waals surface area contributed by atoms with E-state index < -0.39 is 11.8 Å². The van der Waals surface area contributed by atoms with Crippen molar-refractivity contribution in [3.63, 3.8) is 0 Å². The molecule has 3 aromatic rings. The smallest absolute Gasteiger partial charge is 0.340 e. The summed E-state index contributed by atoms with van der Waals surface area (Å²) in [5, 5.41) is 8.40. The van der Waals surface area contributed by atoms with E-state index in [9.17, 15) is 9.18 Å². The predicted molar refractivity (Wildman–Crippen MR) is 101 cm³/mol. The zero-order chi connectivity index (χ0) is 19.4. The van der Waals surface area contributed by atoms with E-state index in [0.29, 0.717) is 33.1 Å². The van der Waals surface area contributed by atoms with E-state index in [1.165, 1.54) is 6.07 Å². The maximum Gasteiger partial charge on any atom is 0.340 e. The maximum atomic E-state index is 14.2. The van der Waals surface area contributed by atoms with Crippen LogP contribution in [0.4, 0.5) is 4.39 Å². The molecular formula is C21H18ClFN2O2. The van der Waals surface area contributed by atoms with Gasteiger partial charge >= 0.3 is 5.97 Å². The third-order valence-corrected chi connectivity index (χ3v) is 4.64. The number of ether oxygens (including phenoxy) is 1. The summed E-state index contributed by atoms with van der Waals surface area (Å²) in [5.41, 5.74) is 3.02. The average molecular weight is 385 g/mol. The summed E-state index contributed by atoms with van der Waals surface area (Å²) < 4.78 is 19.7. The van der Waals surface area contributed by atoms with Crippen LogP contribution in [-0.2, 0) is 17.8 Å². The van der Waals surface area contributed by atoms with Crippen molar-refractivity contribution in [2.24, 2.45) is 0 Å². The van der Waals surface area contributed by atoms with Gasteiger partial charge in [-0.15, -0.1) is 0 Å². The second-order valence-electron chi connectivity index (χ2n) is 6.16. The van der Waals surface area contributed by atoms with Crippen molar-refractivity contribution in [1.82, 2.24) is 10.2 Å². The van der Waals surface area contributed by atoms with Crippen molar-refractivity contribution >= 4 is 17.6 Å². The third kappa shape index (κ3) is 4.31. The zero-order valence-corrected chi connectivity index (χ0v) is 15.8. The van der Waals surface area contributed by atoms with E-state index in [1.807, 2.05) is 30.3 Å². The summed E-state index contributed by atoms with van der Waals surface area (Å²) in [6.07, 6.45) is 0.128. The lowest BCUT2D eigenvalue weighted by molar-refractivity contribution is 0.0469. The second-order valence-corrected chi connectivity index (χ2v) is 6.57. The topological polar surface area (TPSA) is 52.1 Å². The van der Waals surface area contributed by atoms with Gasteiger partial charge in [-0.2, -0.15) is 10.2 Å². The van der Waals surface area contributed by atoms with Gasteiger partial charge in [-0.05, 0) is 37.1 Å². The Morgan fingerprint density at radius 3 is 2.41 bits per heavy atom. The molecule has 0 saturated heterocycles. The highest BCUT2D eigenvalue weighted by molar-refractivity contribution is 6.31. The molecule has 0 fully saturated rings. The van der Waals surface area contributed by atoms with Gasteiger partial charge in [0.05, 0.1) is 17.0 Å². The molecule has 0 amide bonds. The zero-order valence-electron chi connectivity index (χ0n) is 15.0. The third-order valence-electron chi connectivity index (χ3n) is 4.28. The molecule has 0 atom stereocenters. The molecule has 0 unspecified atom stereocenters. The molecule has 0 N–H and O–H groups in total. The summed E-state index contributed by atoms with van der Waals surface area (Å²) in [6.45, 7) is 3.54. The van der Waals surface area contributed by atoms with Gasteiger partial charge in [-0.3, -0.25) is 0 Å². The van der Waals surface area contributed by atoms with Crippen LogP contribution in [0.3, 0.4) is 0 Å². The molecule has 1 aromatic heterocycles. The van der Waals surface area contributed by atoms with Gasteiger partial charge in [0.25, 0.3) is 0 Å². The lowest BCUT2D eigenvalue weighted by Crippen LogP contribution is -2.15. The number of carbonyl (C=O) groups is 1. The number of benzene rings is 2. The van der Waals surface area contributed by atoms with Gasteiger partial charge in [0.1, 0.15) is 12.4 Å². The van der Waals surface area contributed by atoms with Crippen molar-refractivity contribution in [3.05, 3.63) is 93.0 Å². The van der Waals surface area contributed by atoms with Crippen LogP contribution in [0.1, 0.15) is 38.4 Å². The molecule has 138 valence electrons. The number of esters is 1. The Morgan fingerprint density at radius 1 is 1.00 bits per heavy atom. The monoisotopic (exact) mass is 384 g/mol. The van der Waals surface area contributed by atoms with E-state index in [4.69, 9.17) is 16.3 Å². The van der Waals surface area contributed by atoms with E-state index in [0.717, 1.165) is 5.56 Å². The highest BCUT2D eigenvalue weighted by Gasteiger charge is 2.22. The molecule has 3 rings (SSSR count). The molecule has 0 saturated carbocycles. The Balaban J connectivity index is 1.93. The highest BCUT2D eigenvalue weighted by Crippen LogP contribution is 2.26. The molecule has 1 heterocycles. The van der Waals surface area contributed by atoms with E-state index >= 15 is 0 Å². The highest BCUT2D eigenvalue weighted by atomic mass is 35.5. The summed E-state index contributed by atoms with van der Waals surface area (Å²) in [6, 6.07) is 13.9. The molecule has 27 heavy (non-hydrogen) atoms. The number of nitrogens with zero attached hydrogens (tertiary/aromatic N) is 2. The Hall–Kier alpha value is -2.79. The average Bonchev–Trinajstić information content (AvgIpc) is 2.66. The SMILES string of the molecule is Cc1nnc(C)c(C(=O)OCc2ccccc2)c1Cc1c(F)cccc1Cl. The minimum Gasteiger partial charge on any atom is -0.457 e. The van der Waals surface area contributed by atoms with Crippen molar-refractivity contribution in [2.75, 3.05) is 0 Å². The van der Waals surface area contributed by atoms with Gasteiger partial charge in [0.2, 0.25) is 0 Å². The van der Waals surface area contributed by atoms with Gasteiger partial charge in [0, 0.05) is 17.0 Å². The first-order chi connectivity index (χ1) is 13.0. The van der Waals surface area contributed by atoms with Crippen LogP contribution in [0.2, 0.25) is 5.02 Å². The van der Waals surface area contributed by atoms with Crippen LogP contribution in [0, 0.1) is 19.7 Å². The van der Waals surface area contributed by atoms with Crippen molar-refractivity contribution < 1.29 is 13.9 Å². The Kier molecular flexibility index (Phi) is 5.81. The summed E-state index contributed by atoms with van der Waals surface area (Å²) in [7, 11) is 0. The molecular weight excluding hydrogens is 367 g/mol. The van der Waals surface area contributed by atoms with Crippen LogP contribution in [0.15, 0.2) is 48.5 Å². The quantitative estimate of drug-likeness (QED) is 0.591. The Bertz CT molecular complexity index is 957. The normalized spacial score (nSPS) is 10.7. The first-order valence-electron chi connectivity index (χ1n) is 8.44. The fourth-order valence-electron chi connectivity index (χ4n) is 2.82. The summed E-state index contributed by atoms with van der Waals surface area (Å²) in [4.78, 5) is 12.8. The van der Waals surface area contributed by atoms with Crippen LogP contribution in [-0.4, -0.2) is 16.2 Å². The number of aromatic nitrogens is 2. The molecule has 4 nitrogen and oxygen atoms in total. The minimum atomic E-state index is -0.517. The fourth-order valence-corrected chi connectivity index (χ4v) is 3.05. The molecule has 2 aromatic carbocycles. The van der Waals surface area contributed by atoms with Crippen LogP contribution >= 0.6 is 11.6 Å².